The third-order valence-electron chi connectivity index (χ3n) is 10.9. The molecule has 2 fully saturated rings. The monoisotopic (exact) mass is 713 g/mol. The molecule has 1 saturated heterocycles. The van der Waals surface area contributed by atoms with Crippen molar-refractivity contribution >= 4 is 33.9 Å². The number of fused-ring (bicyclic) bond motifs is 2. The van der Waals surface area contributed by atoms with E-state index in [9.17, 15) is 18.4 Å². The minimum absolute atomic E-state index is 0.0602. The molecule has 1 spiro atoms. The molecule has 7 rings (SSSR count). The van der Waals surface area contributed by atoms with Crippen LogP contribution in [0.1, 0.15) is 74.0 Å². The summed E-state index contributed by atoms with van der Waals surface area (Å²) in [5.41, 5.74) is 7.42. The third-order valence-corrected chi connectivity index (χ3v) is 10.9. The van der Waals surface area contributed by atoms with Gasteiger partial charge in [-0.25, -0.2) is 27.5 Å². The summed E-state index contributed by atoms with van der Waals surface area (Å²) in [6.07, 6.45) is -0.828. The van der Waals surface area contributed by atoms with Gasteiger partial charge in [0.2, 0.25) is 11.8 Å². The third kappa shape index (κ3) is 6.32. The van der Waals surface area contributed by atoms with Crippen LogP contribution in [0.3, 0.4) is 0 Å². The lowest BCUT2D eigenvalue weighted by Gasteiger charge is -2.46. The number of nitrogens with zero attached hydrogens (tertiary/aromatic N) is 5. The quantitative estimate of drug-likeness (QED) is 0.264. The number of amides is 2. The molecule has 0 radical (unpaired) electrons. The van der Waals surface area contributed by atoms with Crippen LogP contribution in [0, 0.1) is 5.41 Å². The molecule has 2 bridgehead atoms. The van der Waals surface area contributed by atoms with E-state index in [1.165, 1.54) is 11.7 Å². The van der Waals surface area contributed by atoms with Gasteiger partial charge in [0.1, 0.15) is 16.9 Å². The maximum atomic E-state index is 15.9. The van der Waals surface area contributed by atoms with Crippen LogP contribution in [0.4, 0.5) is 17.6 Å². The lowest BCUT2D eigenvalue weighted by molar-refractivity contribution is -0.181. The first-order chi connectivity index (χ1) is 24.1. The summed E-state index contributed by atoms with van der Waals surface area (Å²) in [5, 5.41) is 3.46. The van der Waals surface area contributed by atoms with Crippen LogP contribution < -0.4 is 15.8 Å². The molecule has 3 N–H and O–H groups in total. The molecule has 11 nitrogen and oxygen atoms in total. The number of carbonyl (C=O) groups is 2. The predicted molar refractivity (Wildman–Crippen MR) is 182 cm³/mol. The molecule has 274 valence electrons. The maximum absolute atomic E-state index is 15.9. The first kappa shape index (κ1) is 35.2. The van der Waals surface area contributed by atoms with Gasteiger partial charge in [-0.2, -0.15) is 0 Å². The van der Waals surface area contributed by atoms with Crippen LogP contribution in [0.15, 0.2) is 30.3 Å². The van der Waals surface area contributed by atoms with E-state index < -0.39 is 55.0 Å². The van der Waals surface area contributed by atoms with E-state index in [1.54, 1.807) is 60.9 Å². The Morgan fingerprint density at radius 3 is 2.47 bits per heavy atom. The lowest BCUT2D eigenvalue weighted by Crippen LogP contribution is -2.55. The first-order valence-electron chi connectivity index (χ1n) is 17.3. The number of benzene rings is 1. The molecular formula is C36H43F4N7O4. The number of hydrogen-bond donors (Lipinski definition) is 2. The van der Waals surface area contributed by atoms with Gasteiger partial charge in [0.05, 0.1) is 48.1 Å². The van der Waals surface area contributed by atoms with Crippen molar-refractivity contribution in [2.24, 2.45) is 18.2 Å². The van der Waals surface area contributed by atoms with E-state index in [0.29, 0.717) is 64.5 Å². The van der Waals surface area contributed by atoms with E-state index in [1.807, 2.05) is 0 Å². The molecule has 3 aromatic heterocycles. The van der Waals surface area contributed by atoms with Crippen molar-refractivity contribution in [2.75, 3.05) is 27.3 Å². The summed E-state index contributed by atoms with van der Waals surface area (Å²) in [4.78, 5) is 38.3. The molecule has 1 aliphatic carbocycles. The van der Waals surface area contributed by atoms with Gasteiger partial charge in [0, 0.05) is 63.5 Å². The van der Waals surface area contributed by atoms with Crippen molar-refractivity contribution in [2.45, 2.75) is 88.4 Å². The fourth-order valence-electron chi connectivity index (χ4n) is 8.14. The second-order valence-electron chi connectivity index (χ2n) is 14.5. The van der Waals surface area contributed by atoms with Crippen LogP contribution >= 0.6 is 0 Å². The number of ether oxygens (including phenoxy) is 2. The van der Waals surface area contributed by atoms with Gasteiger partial charge < -0.3 is 34.6 Å². The molecule has 2 aliphatic heterocycles. The van der Waals surface area contributed by atoms with Crippen LogP contribution in [0.5, 0.6) is 5.75 Å². The number of nitrogens with two attached hydrogens (primary N) is 1. The summed E-state index contributed by atoms with van der Waals surface area (Å²) in [7, 11) is 4.85. The number of alkyl halides is 4. The van der Waals surface area contributed by atoms with Gasteiger partial charge in [0.25, 0.3) is 11.8 Å². The second kappa shape index (κ2) is 12.8. The number of hydrogen-bond acceptors (Lipinski definition) is 7. The number of nitrogens with one attached hydrogen (secondary N) is 1. The number of carbonyl (C=O) groups excluding carboxylic acids is 2. The average Bonchev–Trinajstić information content (AvgIpc) is 3.60. The Labute approximate surface area is 292 Å². The number of methoxy groups -OCH3 is 2. The molecule has 3 atom stereocenters. The highest BCUT2D eigenvalue weighted by Gasteiger charge is 2.60. The SMILES string of the molecule is COc1cc(C(=O)N2CC[C@@H](OC)[C@@H](N)C2)cc2nc(-c3cc4ccc5nc4n3CC(F)(F)CCCCC3(CC(F)(F)C3)C(=O)N[C@@H]5C)n(C)c12. The van der Waals surface area contributed by atoms with Crippen LogP contribution in [0.2, 0.25) is 0 Å². The zero-order valence-electron chi connectivity index (χ0n) is 29.1. The molecule has 2 amide bonds. The Morgan fingerprint density at radius 2 is 1.78 bits per heavy atom. The highest BCUT2D eigenvalue weighted by atomic mass is 19.3. The first-order valence-corrected chi connectivity index (χ1v) is 17.3. The summed E-state index contributed by atoms with van der Waals surface area (Å²) in [6, 6.07) is 7.52. The normalized spacial score (nSPS) is 24.8. The molecule has 1 saturated carbocycles. The fourth-order valence-corrected chi connectivity index (χ4v) is 8.14. The Balaban J connectivity index is 1.29. The zero-order valence-corrected chi connectivity index (χ0v) is 29.1. The molecule has 3 aliphatic rings. The Bertz CT molecular complexity index is 2000. The Kier molecular flexibility index (Phi) is 8.80. The number of pyridine rings is 1. The van der Waals surface area contributed by atoms with E-state index in [0.717, 1.165) is 0 Å². The summed E-state index contributed by atoms with van der Waals surface area (Å²) < 4.78 is 74.2. The Morgan fingerprint density at radius 1 is 1.04 bits per heavy atom. The van der Waals surface area contributed by atoms with Crippen molar-refractivity contribution in [3.8, 4) is 17.3 Å². The van der Waals surface area contributed by atoms with Gasteiger partial charge >= 0.3 is 0 Å². The number of halogens is 4. The highest BCUT2D eigenvalue weighted by molar-refractivity contribution is 6.00. The zero-order chi connectivity index (χ0) is 36.5. The minimum atomic E-state index is -3.19. The summed E-state index contributed by atoms with van der Waals surface area (Å²) >= 11 is 0. The lowest BCUT2D eigenvalue weighted by atomic mass is 9.62. The van der Waals surface area contributed by atoms with Crippen LogP contribution in [-0.2, 0) is 23.1 Å². The number of aromatic nitrogens is 4. The molecular weight excluding hydrogens is 670 g/mol. The number of likely N-dealkylation sites (tertiary alicyclic amines) is 1. The van der Waals surface area contributed by atoms with E-state index in [2.05, 4.69) is 5.32 Å². The molecule has 4 aromatic rings. The van der Waals surface area contributed by atoms with Gasteiger partial charge in [-0.3, -0.25) is 9.59 Å². The van der Waals surface area contributed by atoms with Crippen LogP contribution in [-0.4, -0.2) is 87.1 Å². The molecule has 5 heterocycles. The average molecular weight is 714 g/mol. The van der Waals surface area contributed by atoms with Crippen molar-refractivity contribution in [1.82, 2.24) is 29.3 Å². The van der Waals surface area contributed by atoms with Crippen molar-refractivity contribution in [1.29, 1.82) is 0 Å². The fraction of sp³-hybridized carbons (Fsp3) is 0.556. The molecule has 51 heavy (non-hydrogen) atoms. The molecule has 1 aromatic carbocycles. The number of imidazole rings is 1. The predicted octanol–water partition coefficient (Wildman–Crippen LogP) is 5.59. The van der Waals surface area contributed by atoms with Gasteiger partial charge in [-0.05, 0) is 56.5 Å². The number of piperidine rings is 1. The minimum Gasteiger partial charge on any atom is -0.494 e. The smallest absolute Gasteiger partial charge is 0.265 e. The van der Waals surface area contributed by atoms with Gasteiger partial charge in [0.15, 0.2) is 5.82 Å². The molecule has 0 unspecified atom stereocenters. The Hall–Kier alpha value is -4.24. The largest absolute Gasteiger partial charge is 0.494 e. The highest BCUT2D eigenvalue weighted by Crippen LogP contribution is 2.55. The summed E-state index contributed by atoms with van der Waals surface area (Å²) in [6.45, 7) is 1.80. The summed E-state index contributed by atoms with van der Waals surface area (Å²) in [5.74, 6) is -6.12. The second-order valence-corrected chi connectivity index (χ2v) is 14.5. The van der Waals surface area contributed by atoms with Crippen molar-refractivity contribution in [3.05, 3.63) is 41.6 Å². The van der Waals surface area contributed by atoms with E-state index >= 15 is 8.78 Å². The van der Waals surface area contributed by atoms with Gasteiger partial charge in [-0.15, -0.1) is 0 Å². The number of rotatable bonds is 4. The van der Waals surface area contributed by atoms with Crippen LogP contribution in [0.25, 0.3) is 33.6 Å². The number of aryl methyl sites for hydroxylation is 1. The maximum Gasteiger partial charge on any atom is 0.265 e. The van der Waals surface area contributed by atoms with Gasteiger partial charge in [-0.1, -0.05) is 6.42 Å². The van der Waals surface area contributed by atoms with E-state index in [4.69, 9.17) is 25.2 Å². The van der Waals surface area contributed by atoms with Crippen molar-refractivity contribution < 1.29 is 36.6 Å². The standard InChI is InChI=1S/C36H43F4N7O4/c1-20-24-8-7-21-14-26(47(30(21)43-24)19-35(37,38)11-6-5-10-34(33(49)42-20)17-36(39,40)18-34)31-44-25-13-22(15-28(51-4)29(25)45(31)2)32(48)46-12-9-27(50-3)23(41)16-46/h7-8,13-15,20,23,27H,5-6,9-12,16-19,41H2,1-4H3,(H,42,49)/t20-,23+,27-/m1/s1. The molecule has 15 heteroatoms. The van der Waals surface area contributed by atoms with Crippen molar-refractivity contribution in [3.63, 3.8) is 0 Å². The van der Waals surface area contributed by atoms with E-state index in [-0.39, 0.29) is 43.0 Å². The topological polar surface area (TPSA) is 130 Å².